The Kier molecular flexibility index (Phi) is 6.95. The molecule has 0 radical (unpaired) electrons. The third kappa shape index (κ3) is 4.74. The monoisotopic (exact) mass is 410 g/mol. The smallest absolute Gasteiger partial charge is 0.254 e. The molecule has 7 heteroatoms. The molecule has 1 fully saturated rings. The largest absolute Gasteiger partial charge is 0.496 e. The number of piperazine rings is 1. The van der Waals surface area contributed by atoms with Gasteiger partial charge in [-0.15, -0.1) is 0 Å². The van der Waals surface area contributed by atoms with E-state index in [1.807, 2.05) is 24.3 Å². The maximum atomic E-state index is 12.8. The molecule has 0 aromatic heterocycles. The maximum absolute atomic E-state index is 12.8. The average molecular weight is 410 g/mol. The highest BCUT2D eigenvalue weighted by Crippen LogP contribution is 2.28. The van der Waals surface area contributed by atoms with Crippen molar-refractivity contribution in [2.75, 3.05) is 47.5 Å². The highest BCUT2D eigenvalue weighted by atomic mass is 16.5. The van der Waals surface area contributed by atoms with Crippen molar-refractivity contribution < 1.29 is 23.8 Å². The van der Waals surface area contributed by atoms with Crippen molar-refractivity contribution in [3.8, 4) is 17.2 Å². The van der Waals surface area contributed by atoms with E-state index >= 15 is 0 Å². The summed E-state index contributed by atoms with van der Waals surface area (Å²) in [6.07, 6.45) is 3.30. The molecule has 2 aromatic carbocycles. The Morgan fingerprint density at radius 1 is 0.800 bits per heavy atom. The van der Waals surface area contributed by atoms with Gasteiger partial charge in [0.1, 0.15) is 5.75 Å². The number of nitrogens with zero attached hydrogens (tertiary/aromatic N) is 2. The first-order valence-corrected chi connectivity index (χ1v) is 9.68. The van der Waals surface area contributed by atoms with E-state index in [4.69, 9.17) is 14.2 Å². The third-order valence-electron chi connectivity index (χ3n) is 5.05. The quantitative estimate of drug-likeness (QED) is 0.685. The zero-order valence-corrected chi connectivity index (χ0v) is 17.5. The van der Waals surface area contributed by atoms with Gasteiger partial charge in [0.05, 0.1) is 21.3 Å². The Morgan fingerprint density at radius 3 is 2.10 bits per heavy atom. The second kappa shape index (κ2) is 9.82. The zero-order valence-electron chi connectivity index (χ0n) is 17.5. The molecule has 158 valence electrons. The Labute approximate surface area is 176 Å². The highest BCUT2D eigenvalue weighted by Gasteiger charge is 2.24. The molecular weight excluding hydrogens is 384 g/mol. The average Bonchev–Trinajstić information content (AvgIpc) is 2.81. The molecule has 0 bridgehead atoms. The molecule has 0 N–H and O–H groups in total. The lowest BCUT2D eigenvalue weighted by molar-refractivity contribution is -0.127. The molecule has 0 saturated carbocycles. The summed E-state index contributed by atoms with van der Waals surface area (Å²) in [5.74, 6) is 1.63. The van der Waals surface area contributed by atoms with E-state index in [1.165, 1.54) is 7.11 Å². The van der Waals surface area contributed by atoms with Crippen LogP contribution in [0, 0.1) is 0 Å². The number of hydrogen-bond acceptors (Lipinski definition) is 5. The minimum Gasteiger partial charge on any atom is -0.496 e. The van der Waals surface area contributed by atoms with Crippen molar-refractivity contribution >= 4 is 17.9 Å². The fraction of sp³-hybridized carbons (Fsp3) is 0.304. The molecule has 1 aliphatic heterocycles. The van der Waals surface area contributed by atoms with Crippen LogP contribution in [0.1, 0.15) is 15.9 Å². The molecule has 0 unspecified atom stereocenters. The number of carbonyl (C=O) groups excluding carboxylic acids is 2. The molecular formula is C23H26N2O5. The molecule has 0 spiro atoms. The lowest BCUT2D eigenvalue weighted by Gasteiger charge is -2.34. The van der Waals surface area contributed by atoms with Crippen LogP contribution >= 0.6 is 0 Å². The number of para-hydroxylation sites is 1. The first-order chi connectivity index (χ1) is 14.6. The number of hydrogen-bond donors (Lipinski definition) is 0. The number of amides is 2. The Hall–Kier alpha value is -3.48. The van der Waals surface area contributed by atoms with Crippen molar-refractivity contribution in [1.82, 2.24) is 9.80 Å². The molecule has 1 saturated heterocycles. The van der Waals surface area contributed by atoms with E-state index in [0.29, 0.717) is 49.0 Å². The summed E-state index contributed by atoms with van der Waals surface area (Å²) in [6, 6.07) is 12.6. The van der Waals surface area contributed by atoms with Crippen LogP contribution in [-0.2, 0) is 4.79 Å². The normalized spacial score (nSPS) is 14.0. The van der Waals surface area contributed by atoms with Gasteiger partial charge >= 0.3 is 0 Å². The predicted octanol–water partition coefficient (Wildman–Crippen LogP) is 2.71. The Morgan fingerprint density at radius 2 is 1.43 bits per heavy atom. The topological polar surface area (TPSA) is 68.3 Å². The van der Waals surface area contributed by atoms with Crippen molar-refractivity contribution in [3.63, 3.8) is 0 Å². The Bertz CT molecular complexity index is 933. The summed E-state index contributed by atoms with van der Waals surface area (Å²) in [7, 11) is 4.69. The number of ether oxygens (including phenoxy) is 3. The second-order valence-corrected chi connectivity index (χ2v) is 6.76. The van der Waals surface area contributed by atoms with Gasteiger partial charge in [0.15, 0.2) is 11.5 Å². The summed E-state index contributed by atoms with van der Waals surface area (Å²) < 4.78 is 15.8. The van der Waals surface area contributed by atoms with Crippen LogP contribution in [0.25, 0.3) is 6.08 Å². The molecule has 2 amide bonds. The minimum absolute atomic E-state index is 0.0841. The van der Waals surface area contributed by atoms with Crippen LogP contribution in [-0.4, -0.2) is 69.1 Å². The van der Waals surface area contributed by atoms with Gasteiger partial charge in [-0.05, 0) is 30.3 Å². The van der Waals surface area contributed by atoms with Crippen LogP contribution in [0.5, 0.6) is 17.2 Å². The number of benzene rings is 2. The van der Waals surface area contributed by atoms with Gasteiger partial charge in [0.2, 0.25) is 5.91 Å². The minimum atomic E-state index is -0.0902. The van der Waals surface area contributed by atoms with Gasteiger partial charge in [0, 0.05) is 43.4 Å². The first kappa shape index (κ1) is 21.2. The van der Waals surface area contributed by atoms with Gasteiger partial charge in [-0.3, -0.25) is 9.59 Å². The van der Waals surface area contributed by atoms with Crippen molar-refractivity contribution in [2.24, 2.45) is 0 Å². The van der Waals surface area contributed by atoms with E-state index in [9.17, 15) is 9.59 Å². The number of rotatable bonds is 6. The molecule has 0 atom stereocenters. The lowest BCUT2D eigenvalue weighted by atomic mass is 10.1. The molecule has 3 rings (SSSR count). The van der Waals surface area contributed by atoms with Gasteiger partial charge in [-0.2, -0.15) is 0 Å². The molecule has 2 aromatic rings. The third-order valence-corrected chi connectivity index (χ3v) is 5.05. The van der Waals surface area contributed by atoms with Gasteiger partial charge in [-0.25, -0.2) is 0 Å². The predicted molar refractivity (Wildman–Crippen MR) is 114 cm³/mol. The lowest BCUT2D eigenvalue weighted by Crippen LogP contribution is -2.50. The van der Waals surface area contributed by atoms with Crippen LogP contribution in [0.4, 0.5) is 0 Å². The summed E-state index contributed by atoms with van der Waals surface area (Å²) in [5, 5.41) is 0. The van der Waals surface area contributed by atoms with Gasteiger partial charge in [-0.1, -0.05) is 18.2 Å². The fourth-order valence-electron chi connectivity index (χ4n) is 3.35. The molecule has 7 nitrogen and oxygen atoms in total. The molecule has 0 aliphatic carbocycles. The Balaban J connectivity index is 1.59. The van der Waals surface area contributed by atoms with Gasteiger partial charge < -0.3 is 24.0 Å². The van der Waals surface area contributed by atoms with E-state index in [2.05, 4.69) is 0 Å². The van der Waals surface area contributed by atoms with E-state index < -0.39 is 0 Å². The summed E-state index contributed by atoms with van der Waals surface area (Å²) in [5.41, 5.74) is 1.37. The van der Waals surface area contributed by atoms with E-state index in [1.54, 1.807) is 54.4 Å². The number of carbonyl (C=O) groups is 2. The number of methoxy groups -OCH3 is 3. The first-order valence-electron chi connectivity index (χ1n) is 9.68. The standard InChI is InChI=1S/C23H26N2O5/c1-28-19-7-5-4-6-17(19)9-11-22(26)24-12-14-25(15-13-24)23(27)18-8-10-20(29-2)21(16-18)30-3/h4-11,16H,12-15H2,1-3H3/b11-9+. The van der Waals surface area contributed by atoms with Crippen LogP contribution < -0.4 is 14.2 Å². The van der Waals surface area contributed by atoms with Gasteiger partial charge in [0.25, 0.3) is 5.91 Å². The van der Waals surface area contributed by atoms with Crippen molar-refractivity contribution in [3.05, 3.63) is 59.7 Å². The SMILES string of the molecule is COc1ccccc1/C=C/C(=O)N1CCN(C(=O)c2ccc(OC)c(OC)c2)CC1. The van der Waals surface area contributed by atoms with E-state index in [-0.39, 0.29) is 11.8 Å². The summed E-state index contributed by atoms with van der Waals surface area (Å²) >= 11 is 0. The second-order valence-electron chi connectivity index (χ2n) is 6.76. The molecule has 1 heterocycles. The van der Waals surface area contributed by atoms with Crippen molar-refractivity contribution in [1.29, 1.82) is 0 Å². The van der Waals surface area contributed by atoms with Crippen LogP contribution in [0.3, 0.4) is 0 Å². The van der Waals surface area contributed by atoms with Crippen LogP contribution in [0.15, 0.2) is 48.5 Å². The summed E-state index contributed by atoms with van der Waals surface area (Å²) in [6.45, 7) is 1.91. The molecule has 30 heavy (non-hydrogen) atoms. The zero-order chi connectivity index (χ0) is 21.5. The van der Waals surface area contributed by atoms with E-state index in [0.717, 1.165) is 5.56 Å². The van der Waals surface area contributed by atoms with Crippen LogP contribution in [0.2, 0.25) is 0 Å². The van der Waals surface area contributed by atoms with Crippen molar-refractivity contribution in [2.45, 2.75) is 0 Å². The fourth-order valence-corrected chi connectivity index (χ4v) is 3.35. The maximum Gasteiger partial charge on any atom is 0.254 e. The summed E-state index contributed by atoms with van der Waals surface area (Å²) in [4.78, 5) is 28.8. The highest BCUT2D eigenvalue weighted by molar-refractivity contribution is 5.95. The molecule has 1 aliphatic rings.